The molecular weight excluding hydrogens is 427 g/mol. The quantitative estimate of drug-likeness (QED) is 0.497. The number of ether oxygens (including phenoxy) is 1. The first-order chi connectivity index (χ1) is 15.9. The van der Waals surface area contributed by atoms with Gasteiger partial charge in [0.25, 0.3) is 5.91 Å². The van der Waals surface area contributed by atoms with Crippen molar-refractivity contribution in [1.82, 2.24) is 5.32 Å². The number of nitrogens with one attached hydrogen (secondary N) is 2. The van der Waals surface area contributed by atoms with Crippen LogP contribution in [-0.4, -0.2) is 36.2 Å². The van der Waals surface area contributed by atoms with E-state index in [0.717, 1.165) is 34.4 Å². The second-order valence-corrected chi connectivity index (χ2v) is 7.58. The normalized spacial score (nSPS) is 11.9. The van der Waals surface area contributed by atoms with Crippen molar-refractivity contribution < 1.29 is 28.6 Å². The van der Waals surface area contributed by atoms with Gasteiger partial charge in [-0.3, -0.25) is 14.9 Å². The Morgan fingerprint density at radius 2 is 1.58 bits per heavy atom. The number of carboxylic acids is 1. The van der Waals surface area contributed by atoms with Crippen LogP contribution in [0.25, 0.3) is 11.1 Å². The number of amides is 2. The van der Waals surface area contributed by atoms with E-state index >= 15 is 0 Å². The number of carboxylic acid groups (broad SMARTS) is 1. The highest BCUT2D eigenvalue weighted by atomic mass is 19.1. The molecule has 7 nitrogen and oxygen atoms in total. The van der Waals surface area contributed by atoms with Gasteiger partial charge in [-0.1, -0.05) is 48.5 Å². The lowest BCUT2D eigenvalue weighted by atomic mass is 9.98. The molecule has 2 amide bonds. The van der Waals surface area contributed by atoms with Gasteiger partial charge in [-0.15, -0.1) is 0 Å². The van der Waals surface area contributed by atoms with Crippen molar-refractivity contribution in [3.05, 3.63) is 89.2 Å². The van der Waals surface area contributed by atoms with Crippen LogP contribution in [0.5, 0.6) is 0 Å². The lowest BCUT2D eigenvalue weighted by Gasteiger charge is -2.15. The first-order valence-corrected chi connectivity index (χ1v) is 10.3. The Hall–Kier alpha value is -4.20. The summed E-state index contributed by atoms with van der Waals surface area (Å²) in [5.74, 6) is -2.56. The third-order valence-corrected chi connectivity index (χ3v) is 5.37. The topological polar surface area (TPSA) is 105 Å². The molecule has 4 rings (SSSR count). The van der Waals surface area contributed by atoms with E-state index in [2.05, 4.69) is 10.6 Å². The van der Waals surface area contributed by atoms with E-state index in [1.165, 1.54) is 6.07 Å². The Kier molecular flexibility index (Phi) is 6.35. The second kappa shape index (κ2) is 9.52. The van der Waals surface area contributed by atoms with Gasteiger partial charge >= 0.3 is 12.1 Å². The number of hydrogen-bond acceptors (Lipinski definition) is 4. The van der Waals surface area contributed by atoms with E-state index in [0.29, 0.717) is 0 Å². The zero-order chi connectivity index (χ0) is 23.4. The minimum atomic E-state index is -1.06. The van der Waals surface area contributed by atoms with Gasteiger partial charge in [0.2, 0.25) is 0 Å². The molecule has 0 heterocycles. The Morgan fingerprint density at radius 3 is 2.21 bits per heavy atom. The number of carbonyl (C=O) groups excluding carboxylic acids is 2. The summed E-state index contributed by atoms with van der Waals surface area (Å²) in [6.07, 6.45) is -1.04. The predicted octanol–water partition coefficient (Wildman–Crippen LogP) is 4.39. The number of halogens is 1. The van der Waals surface area contributed by atoms with Crippen molar-refractivity contribution in [3.8, 4) is 11.1 Å². The molecule has 0 unspecified atom stereocenters. The zero-order valence-corrected chi connectivity index (χ0v) is 17.5. The van der Waals surface area contributed by atoms with Gasteiger partial charge in [0, 0.05) is 23.7 Å². The van der Waals surface area contributed by atoms with Crippen LogP contribution < -0.4 is 10.6 Å². The molecule has 3 N–H and O–H groups in total. The number of rotatable bonds is 7. The minimum Gasteiger partial charge on any atom is -0.481 e. The largest absolute Gasteiger partial charge is 0.481 e. The van der Waals surface area contributed by atoms with Crippen molar-refractivity contribution in [2.45, 2.75) is 12.3 Å². The van der Waals surface area contributed by atoms with E-state index < -0.39 is 23.8 Å². The Labute approximate surface area is 189 Å². The molecule has 8 heteroatoms. The van der Waals surface area contributed by atoms with Crippen molar-refractivity contribution in [3.63, 3.8) is 0 Å². The fraction of sp³-hybridized carbons (Fsp3) is 0.160. The highest BCUT2D eigenvalue weighted by molar-refractivity contribution is 5.96. The summed E-state index contributed by atoms with van der Waals surface area (Å²) in [6, 6.07) is 19.2. The zero-order valence-electron chi connectivity index (χ0n) is 17.5. The van der Waals surface area contributed by atoms with Gasteiger partial charge in [-0.2, -0.15) is 0 Å². The molecule has 0 saturated carbocycles. The smallest absolute Gasteiger partial charge is 0.411 e. The highest BCUT2D eigenvalue weighted by Gasteiger charge is 2.29. The molecule has 0 spiro atoms. The van der Waals surface area contributed by atoms with Gasteiger partial charge in [0.1, 0.15) is 12.4 Å². The molecule has 0 saturated heterocycles. The minimum absolute atomic E-state index is 0.0469. The van der Waals surface area contributed by atoms with Gasteiger partial charge < -0.3 is 15.2 Å². The van der Waals surface area contributed by atoms with E-state index in [1.807, 2.05) is 48.5 Å². The predicted molar refractivity (Wildman–Crippen MR) is 120 cm³/mol. The molecule has 0 atom stereocenters. The van der Waals surface area contributed by atoms with Crippen LogP contribution in [-0.2, 0) is 9.53 Å². The molecule has 33 heavy (non-hydrogen) atoms. The first-order valence-electron chi connectivity index (χ1n) is 10.3. The lowest BCUT2D eigenvalue weighted by molar-refractivity contribution is -0.136. The Bertz CT molecular complexity index is 1180. The number of fused-ring (bicyclic) bond motifs is 3. The van der Waals surface area contributed by atoms with Crippen molar-refractivity contribution in [2.75, 3.05) is 18.5 Å². The second-order valence-electron chi connectivity index (χ2n) is 7.58. The SMILES string of the molecule is O=C(O)CCNC(=O)c1cc(F)cc(NC(=O)OCC2c3ccccc3-c3ccccc32)c1. The van der Waals surface area contributed by atoms with E-state index in [4.69, 9.17) is 9.84 Å². The van der Waals surface area contributed by atoms with Gasteiger partial charge in [-0.25, -0.2) is 9.18 Å². The fourth-order valence-electron chi connectivity index (χ4n) is 3.93. The number of benzene rings is 3. The summed E-state index contributed by atoms with van der Waals surface area (Å²) in [5, 5.41) is 13.5. The van der Waals surface area contributed by atoms with Gasteiger partial charge in [-0.05, 0) is 40.5 Å². The molecule has 0 bridgehead atoms. The Balaban J connectivity index is 1.41. The molecule has 1 aliphatic rings. The van der Waals surface area contributed by atoms with Crippen molar-refractivity contribution in [1.29, 1.82) is 0 Å². The van der Waals surface area contributed by atoms with Crippen LogP contribution in [0.1, 0.15) is 33.8 Å². The molecule has 3 aromatic carbocycles. The maximum atomic E-state index is 14.0. The highest BCUT2D eigenvalue weighted by Crippen LogP contribution is 2.44. The lowest BCUT2D eigenvalue weighted by Crippen LogP contribution is -2.26. The molecular formula is C25H21FN2O5. The number of carbonyl (C=O) groups is 3. The van der Waals surface area contributed by atoms with Crippen LogP contribution in [0.15, 0.2) is 66.7 Å². The van der Waals surface area contributed by atoms with Gasteiger partial charge in [0.05, 0.1) is 6.42 Å². The van der Waals surface area contributed by atoms with Crippen molar-refractivity contribution >= 4 is 23.7 Å². The molecule has 3 aromatic rings. The standard InChI is InChI=1S/C25H21FN2O5/c26-16-11-15(24(31)27-10-9-23(29)30)12-17(13-16)28-25(32)33-14-22-20-7-3-1-5-18(20)19-6-2-4-8-21(19)22/h1-8,11-13,22H,9-10,14H2,(H,27,31)(H,28,32)(H,29,30). The first kappa shape index (κ1) is 22.0. The van der Waals surface area contributed by atoms with Crippen LogP contribution in [0, 0.1) is 5.82 Å². The summed E-state index contributed by atoms with van der Waals surface area (Å²) in [4.78, 5) is 35.1. The van der Waals surface area contributed by atoms with Crippen LogP contribution in [0.2, 0.25) is 0 Å². The molecule has 0 radical (unpaired) electrons. The van der Waals surface area contributed by atoms with E-state index in [-0.39, 0.29) is 36.7 Å². The number of aliphatic carboxylic acids is 1. The number of hydrogen-bond donors (Lipinski definition) is 3. The van der Waals surface area contributed by atoms with Gasteiger partial charge in [0.15, 0.2) is 0 Å². The van der Waals surface area contributed by atoms with E-state index in [1.54, 1.807) is 0 Å². The summed E-state index contributed by atoms with van der Waals surface area (Å²) in [5.41, 5.74) is 4.34. The molecule has 0 aliphatic heterocycles. The molecule has 0 aromatic heterocycles. The third kappa shape index (κ3) is 5.01. The molecule has 0 fully saturated rings. The maximum Gasteiger partial charge on any atom is 0.411 e. The van der Waals surface area contributed by atoms with Crippen LogP contribution >= 0.6 is 0 Å². The van der Waals surface area contributed by atoms with Crippen molar-refractivity contribution in [2.24, 2.45) is 0 Å². The summed E-state index contributed by atoms with van der Waals surface area (Å²) < 4.78 is 19.4. The number of anilines is 1. The summed E-state index contributed by atoms with van der Waals surface area (Å²) >= 11 is 0. The van der Waals surface area contributed by atoms with Crippen LogP contribution in [0.3, 0.4) is 0 Å². The molecule has 1 aliphatic carbocycles. The summed E-state index contributed by atoms with van der Waals surface area (Å²) in [7, 11) is 0. The fourth-order valence-corrected chi connectivity index (χ4v) is 3.93. The third-order valence-electron chi connectivity index (χ3n) is 5.37. The summed E-state index contributed by atoms with van der Waals surface area (Å²) in [6.45, 7) is -0.00245. The molecule has 168 valence electrons. The Morgan fingerprint density at radius 1 is 0.939 bits per heavy atom. The maximum absolute atomic E-state index is 14.0. The van der Waals surface area contributed by atoms with E-state index in [9.17, 15) is 18.8 Å². The average Bonchev–Trinajstić information content (AvgIpc) is 3.11. The monoisotopic (exact) mass is 448 g/mol. The van der Waals surface area contributed by atoms with Crippen LogP contribution in [0.4, 0.5) is 14.9 Å². The average molecular weight is 448 g/mol.